The zero-order chi connectivity index (χ0) is 20.5. The van der Waals surface area contributed by atoms with E-state index in [1.54, 1.807) is 36.4 Å². The van der Waals surface area contributed by atoms with Gasteiger partial charge in [0.2, 0.25) is 5.75 Å². The average molecular weight is 388 g/mol. The molecule has 28 heavy (non-hydrogen) atoms. The molecule has 2 rings (SSSR count). The van der Waals surface area contributed by atoms with Crippen LogP contribution in [-0.2, 0) is 16.0 Å². The summed E-state index contributed by atoms with van der Waals surface area (Å²) in [4.78, 5) is 11.9. The van der Waals surface area contributed by atoms with Gasteiger partial charge < -0.3 is 29.2 Å². The largest absolute Gasteiger partial charge is 0.504 e. The molecule has 0 unspecified atom stereocenters. The van der Waals surface area contributed by atoms with Crippen LogP contribution in [0.2, 0.25) is 0 Å². The molecular weight excluding hydrogens is 364 g/mol. The second-order valence-corrected chi connectivity index (χ2v) is 5.87. The Hall–Kier alpha value is -3.35. The van der Waals surface area contributed by atoms with E-state index in [0.717, 1.165) is 11.1 Å². The minimum atomic E-state index is -0.336. The molecule has 0 amide bonds. The highest BCUT2D eigenvalue weighted by molar-refractivity contribution is 5.70. The number of hydrogen-bond acceptors (Lipinski definition) is 7. The van der Waals surface area contributed by atoms with Gasteiger partial charge in [0.25, 0.3) is 0 Å². The van der Waals surface area contributed by atoms with Crippen LogP contribution in [0.4, 0.5) is 0 Å². The lowest BCUT2D eigenvalue weighted by Gasteiger charge is -2.09. The zero-order valence-electron chi connectivity index (χ0n) is 16.1. The van der Waals surface area contributed by atoms with Crippen molar-refractivity contribution < 1.29 is 34.0 Å². The van der Waals surface area contributed by atoms with Crippen molar-refractivity contribution in [3.8, 4) is 28.7 Å². The van der Waals surface area contributed by atoms with Crippen molar-refractivity contribution in [1.82, 2.24) is 0 Å². The average Bonchev–Trinajstić information content (AvgIpc) is 2.71. The lowest BCUT2D eigenvalue weighted by Crippen LogP contribution is -2.05. The Morgan fingerprint density at radius 3 is 2.21 bits per heavy atom. The topological polar surface area (TPSA) is 94.5 Å². The van der Waals surface area contributed by atoms with Crippen molar-refractivity contribution in [1.29, 1.82) is 0 Å². The van der Waals surface area contributed by atoms with E-state index in [-0.39, 0.29) is 30.5 Å². The summed E-state index contributed by atoms with van der Waals surface area (Å²) < 4.78 is 20.4. The van der Waals surface area contributed by atoms with Crippen LogP contribution in [0.3, 0.4) is 0 Å². The zero-order valence-corrected chi connectivity index (χ0v) is 16.1. The van der Waals surface area contributed by atoms with Gasteiger partial charge in [0, 0.05) is 6.42 Å². The Morgan fingerprint density at radius 2 is 1.61 bits per heavy atom. The number of phenolic OH excluding ortho intramolecular Hbond substituents is 2. The molecule has 0 bridgehead atoms. The summed E-state index contributed by atoms with van der Waals surface area (Å²) >= 11 is 0. The Morgan fingerprint density at radius 1 is 0.964 bits per heavy atom. The number of phenols is 2. The normalized spacial score (nSPS) is 10.7. The van der Waals surface area contributed by atoms with E-state index in [1.165, 1.54) is 27.4 Å². The van der Waals surface area contributed by atoms with Crippen LogP contribution in [0.1, 0.15) is 17.5 Å². The maximum absolute atomic E-state index is 11.9. The third-order valence-corrected chi connectivity index (χ3v) is 4.01. The molecule has 7 nitrogen and oxygen atoms in total. The van der Waals surface area contributed by atoms with Gasteiger partial charge in [0.15, 0.2) is 23.0 Å². The molecule has 2 aromatic carbocycles. The molecule has 0 aliphatic carbocycles. The van der Waals surface area contributed by atoms with Gasteiger partial charge in [-0.05, 0) is 47.9 Å². The molecule has 0 atom stereocenters. The molecule has 0 fully saturated rings. The predicted octanol–water partition coefficient (Wildman–Crippen LogP) is 3.31. The second kappa shape index (κ2) is 10.1. The third kappa shape index (κ3) is 5.57. The number of hydrogen-bond donors (Lipinski definition) is 2. The first-order chi connectivity index (χ1) is 13.5. The lowest BCUT2D eigenvalue weighted by atomic mass is 10.1. The highest BCUT2D eigenvalue weighted by atomic mass is 16.5. The van der Waals surface area contributed by atoms with Gasteiger partial charge in [-0.15, -0.1) is 0 Å². The van der Waals surface area contributed by atoms with E-state index in [4.69, 9.17) is 18.9 Å². The van der Waals surface area contributed by atoms with Crippen LogP contribution in [0.5, 0.6) is 28.7 Å². The number of carbonyl (C=O) groups excluding carboxylic acids is 1. The third-order valence-electron chi connectivity index (χ3n) is 4.01. The Bertz CT molecular complexity index is 818. The molecule has 2 N–H and O–H groups in total. The van der Waals surface area contributed by atoms with Crippen LogP contribution >= 0.6 is 0 Å². The van der Waals surface area contributed by atoms with Gasteiger partial charge in [-0.1, -0.05) is 12.1 Å². The highest BCUT2D eigenvalue weighted by Crippen LogP contribution is 2.37. The van der Waals surface area contributed by atoms with E-state index < -0.39 is 0 Å². The molecular formula is C21H24O7. The molecule has 0 saturated carbocycles. The molecule has 7 heteroatoms. The van der Waals surface area contributed by atoms with Crippen LogP contribution in [0.25, 0.3) is 6.08 Å². The van der Waals surface area contributed by atoms with Gasteiger partial charge in [0.1, 0.15) is 6.61 Å². The molecule has 0 spiro atoms. The SMILES string of the molecule is COc1cc(CCC(=O)OC/C=C/c2cc(OC)c(O)c(OC)c2)ccc1O. The van der Waals surface area contributed by atoms with Gasteiger partial charge >= 0.3 is 5.97 Å². The van der Waals surface area contributed by atoms with E-state index in [2.05, 4.69) is 0 Å². The highest BCUT2D eigenvalue weighted by Gasteiger charge is 2.10. The molecule has 0 aliphatic rings. The lowest BCUT2D eigenvalue weighted by molar-refractivity contribution is -0.142. The first-order valence-electron chi connectivity index (χ1n) is 8.61. The maximum Gasteiger partial charge on any atom is 0.306 e. The molecule has 0 aliphatic heterocycles. The Balaban J connectivity index is 1.85. The summed E-state index contributed by atoms with van der Waals surface area (Å²) in [5.74, 6) is 0.604. The molecule has 0 saturated heterocycles. The van der Waals surface area contributed by atoms with Crippen molar-refractivity contribution in [2.75, 3.05) is 27.9 Å². The number of aromatic hydroxyl groups is 2. The summed E-state index contributed by atoms with van der Waals surface area (Å²) in [6.45, 7) is 0.114. The fourth-order valence-corrected chi connectivity index (χ4v) is 2.53. The first kappa shape index (κ1) is 21.0. The number of ether oxygens (including phenoxy) is 4. The van der Waals surface area contributed by atoms with Crippen LogP contribution in [0, 0.1) is 0 Å². The smallest absolute Gasteiger partial charge is 0.306 e. The molecule has 150 valence electrons. The van der Waals surface area contributed by atoms with Crippen molar-refractivity contribution >= 4 is 12.0 Å². The van der Waals surface area contributed by atoms with E-state index in [1.807, 2.05) is 0 Å². The summed E-state index contributed by atoms with van der Waals surface area (Å²) in [5.41, 5.74) is 1.60. The van der Waals surface area contributed by atoms with Crippen molar-refractivity contribution in [2.45, 2.75) is 12.8 Å². The molecule has 2 aromatic rings. The summed E-state index contributed by atoms with van der Waals surface area (Å²) in [6.07, 6.45) is 4.11. The maximum atomic E-state index is 11.9. The van der Waals surface area contributed by atoms with Crippen molar-refractivity contribution in [3.05, 3.63) is 47.5 Å². The number of carbonyl (C=O) groups is 1. The number of benzene rings is 2. The van der Waals surface area contributed by atoms with E-state index in [9.17, 15) is 15.0 Å². The van der Waals surface area contributed by atoms with E-state index in [0.29, 0.717) is 23.7 Å². The summed E-state index contributed by atoms with van der Waals surface area (Å²) in [6, 6.07) is 8.25. The Labute approximate surface area is 163 Å². The van der Waals surface area contributed by atoms with E-state index >= 15 is 0 Å². The number of esters is 1. The van der Waals surface area contributed by atoms with Crippen LogP contribution in [0.15, 0.2) is 36.4 Å². The Kier molecular flexibility index (Phi) is 7.56. The monoisotopic (exact) mass is 388 g/mol. The minimum absolute atomic E-state index is 0.0569. The summed E-state index contributed by atoms with van der Waals surface area (Å²) in [7, 11) is 4.37. The van der Waals surface area contributed by atoms with Gasteiger partial charge in [-0.2, -0.15) is 0 Å². The number of aryl methyl sites for hydroxylation is 1. The molecule has 0 radical (unpaired) electrons. The number of methoxy groups -OCH3 is 3. The second-order valence-electron chi connectivity index (χ2n) is 5.87. The predicted molar refractivity (Wildman–Crippen MR) is 104 cm³/mol. The summed E-state index contributed by atoms with van der Waals surface area (Å²) in [5, 5.41) is 19.5. The van der Waals surface area contributed by atoms with Gasteiger partial charge in [-0.3, -0.25) is 4.79 Å². The standard InChI is InChI=1S/C21H24O7/c1-25-17-11-14(6-8-16(17)22)7-9-20(23)28-10-4-5-15-12-18(26-2)21(24)19(13-15)27-3/h4-6,8,11-13,22,24H,7,9-10H2,1-3H3/b5-4+. The van der Waals surface area contributed by atoms with Gasteiger partial charge in [0.05, 0.1) is 21.3 Å². The van der Waals surface area contributed by atoms with Gasteiger partial charge in [-0.25, -0.2) is 0 Å². The minimum Gasteiger partial charge on any atom is -0.504 e. The first-order valence-corrected chi connectivity index (χ1v) is 8.61. The van der Waals surface area contributed by atoms with Crippen molar-refractivity contribution in [3.63, 3.8) is 0 Å². The molecule has 0 heterocycles. The number of rotatable bonds is 9. The van der Waals surface area contributed by atoms with Crippen LogP contribution < -0.4 is 14.2 Å². The van der Waals surface area contributed by atoms with Crippen molar-refractivity contribution in [2.24, 2.45) is 0 Å². The molecule has 0 aromatic heterocycles. The fraction of sp³-hybridized carbons (Fsp3) is 0.286. The quantitative estimate of drug-likeness (QED) is 0.637. The van der Waals surface area contributed by atoms with Crippen LogP contribution in [-0.4, -0.2) is 44.1 Å². The fourth-order valence-electron chi connectivity index (χ4n) is 2.53.